The van der Waals surface area contributed by atoms with Crippen LogP contribution in [0.1, 0.15) is 206 Å². The van der Waals surface area contributed by atoms with Gasteiger partial charge in [-0.2, -0.15) is 0 Å². The highest BCUT2D eigenvalue weighted by atomic mass is 31.2. The van der Waals surface area contributed by atoms with Gasteiger partial charge in [0, 0.05) is 19.6 Å². The minimum absolute atomic E-state index is 0.0918. The Morgan fingerprint density at radius 1 is 0.517 bits per heavy atom. The number of hydrogen-bond donors (Lipinski definition) is 2. The van der Waals surface area contributed by atoms with E-state index in [4.69, 9.17) is 24.3 Å². The van der Waals surface area contributed by atoms with Gasteiger partial charge in [0.15, 0.2) is 0 Å². The molecule has 0 aromatic rings. The molecule has 2 atom stereocenters. The summed E-state index contributed by atoms with van der Waals surface area (Å²) in [7, 11) is -4.29. The molecule has 0 saturated heterocycles. The van der Waals surface area contributed by atoms with Gasteiger partial charge in [-0.05, 0) is 83.5 Å². The third-order valence-corrected chi connectivity index (χ3v) is 11.1. The van der Waals surface area contributed by atoms with Gasteiger partial charge in [0.2, 0.25) is 0 Å². The average molecular weight is 862 g/mol. The number of ether oxygens (including phenoxy) is 2. The van der Waals surface area contributed by atoms with Gasteiger partial charge in [0.1, 0.15) is 6.10 Å². The summed E-state index contributed by atoms with van der Waals surface area (Å²) in [5, 5.41) is 0. The van der Waals surface area contributed by atoms with E-state index < -0.39 is 13.9 Å². The molecule has 0 aliphatic heterocycles. The molecule has 0 aromatic heterocycles. The Labute approximate surface area is 369 Å². The molecule has 0 spiro atoms. The Bertz CT molecular complexity index is 1150. The Morgan fingerprint density at radius 2 is 0.933 bits per heavy atom. The summed E-state index contributed by atoms with van der Waals surface area (Å²) >= 11 is 0. The summed E-state index contributed by atoms with van der Waals surface area (Å²) in [5.74, 6) is -0.344. The number of phosphoric ester groups is 1. The highest BCUT2D eigenvalue weighted by Gasteiger charge is 2.25. The van der Waals surface area contributed by atoms with E-state index in [2.05, 4.69) is 86.8 Å². The Balaban J connectivity index is 3.98. The number of unbranched alkanes of at least 4 members (excludes halogenated alkanes) is 21. The lowest BCUT2D eigenvalue weighted by atomic mass is 10.0. The molecule has 0 aromatic carbocycles. The van der Waals surface area contributed by atoms with Gasteiger partial charge in [-0.15, -0.1) is 0 Å². The Kier molecular flexibility index (Phi) is 46.3. The average Bonchev–Trinajstić information content (AvgIpc) is 3.24. The number of allylic oxidation sites excluding steroid dienone is 12. The zero-order valence-corrected chi connectivity index (χ0v) is 39.6. The van der Waals surface area contributed by atoms with Crippen LogP contribution in [0, 0.1) is 0 Å². The van der Waals surface area contributed by atoms with E-state index >= 15 is 0 Å². The van der Waals surface area contributed by atoms with E-state index in [0.717, 1.165) is 77.0 Å². The van der Waals surface area contributed by atoms with Crippen molar-refractivity contribution in [1.29, 1.82) is 0 Å². The Hall–Kier alpha value is -2.06. The van der Waals surface area contributed by atoms with Crippen molar-refractivity contribution >= 4 is 13.8 Å². The van der Waals surface area contributed by atoms with E-state index in [1.165, 1.54) is 109 Å². The summed E-state index contributed by atoms with van der Waals surface area (Å²) < 4.78 is 33.5. The van der Waals surface area contributed by atoms with Crippen molar-refractivity contribution in [2.24, 2.45) is 5.73 Å². The number of nitrogens with two attached hydrogens (primary N) is 1. The van der Waals surface area contributed by atoms with Gasteiger partial charge >= 0.3 is 13.8 Å². The largest absolute Gasteiger partial charge is 0.472 e. The minimum atomic E-state index is -4.29. The monoisotopic (exact) mass is 862 g/mol. The number of esters is 1. The van der Waals surface area contributed by atoms with Crippen molar-refractivity contribution in [1.82, 2.24) is 0 Å². The normalized spacial score (nSPS) is 14.0. The fourth-order valence-electron chi connectivity index (χ4n) is 6.55. The third-order valence-electron chi connectivity index (χ3n) is 10.1. The molecule has 60 heavy (non-hydrogen) atoms. The smallest absolute Gasteiger partial charge is 0.457 e. The zero-order valence-electron chi connectivity index (χ0n) is 38.7. The van der Waals surface area contributed by atoms with Gasteiger partial charge in [0.05, 0.1) is 19.8 Å². The van der Waals surface area contributed by atoms with Gasteiger partial charge in [0.25, 0.3) is 0 Å². The minimum Gasteiger partial charge on any atom is -0.457 e. The molecule has 0 saturated carbocycles. The summed E-state index contributed by atoms with van der Waals surface area (Å²) in [5.41, 5.74) is 5.38. The maximum Gasteiger partial charge on any atom is 0.472 e. The van der Waals surface area contributed by atoms with E-state index in [1.807, 2.05) is 0 Å². The molecule has 348 valence electrons. The molecule has 0 aliphatic rings. The molecule has 3 N–H and O–H groups in total. The van der Waals surface area contributed by atoms with Crippen LogP contribution in [0.3, 0.4) is 0 Å². The van der Waals surface area contributed by atoms with Crippen LogP contribution in [0.2, 0.25) is 0 Å². The summed E-state index contributed by atoms with van der Waals surface area (Å²) in [4.78, 5) is 22.6. The first-order valence-electron chi connectivity index (χ1n) is 24.4. The van der Waals surface area contributed by atoms with E-state index in [0.29, 0.717) is 13.0 Å². The topological polar surface area (TPSA) is 117 Å². The standard InChI is InChI=1S/C51H92NO7P/c1-3-5-7-9-11-13-15-17-19-21-22-23-24-25-26-27-28-29-30-32-34-36-38-40-42-44-51(53)59-50(49-58-60(54,55)57-47-45-52)48-56-46-43-41-39-37-35-33-31-20-18-16-14-12-10-8-6-4-2/h6,8,12,14-15,17-18,20-22,33,35,50H,3-5,7,9-11,13,16,19,23-32,34,36-49,52H2,1-2H3,(H,54,55)/b8-6-,14-12-,17-15-,20-18-,22-21-,35-33-. The van der Waals surface area contributed by atoms with Crippen LogP contribution >= 0.6 is 7.82 Å². The molecule has 0 bridgehead atoms. The summed E-state index contributed by atoms with van der Waals surface area (Å²) in [6, 6.07) is 0. The third kappa shape index (κ3) is 47.0. The second-order valence-electron chi connectivity index (χ2n) is 15.9. The first-order valence-corrected chi connectivity index (χ1v) is 25.9. The molecule has 0 heterocycles. The van der Waals surface area contributed by atoms with Crippen LogP contribution in [-0.2, 0) is 27.9 Å². The first kappa shape index (κ1) is 57.9. The summed E-state index contributed by atoms with van der Waals surface area (Å²) in [6.45, 7) is 4.72. The highest BCUT2D eigenvalue weighted by molar-refractivity contribution is 7.47. The molecular weight excluding hydrogens is 770 g/mol. The van der Waals surface area contributed by atoms with Crippen molar-refractivity contribution in [3.63, 3.8) is 0 Å². The van der Waals surface area contributed by atoms with Crippen molar-refractivity contribution in [3.8, 4) is 0 Å². The maximum absolute atomic E-state index is 12.6. The van der Waals surface area contributed by atoms with Crippen LogP contribution in [0.5, 0.6) is 0 Å². The maximum atomic E-state index is 12.6. The number of hydrogen-bond acceptors (Lipinski definition) is 7. The lowest BCUT2D eigenvalue weighted by Gasteiger charge is -2.20. The molecule has 0 fully saturated rings. The van der Waals surface area contributed by atoms with Crippen LogP contribution in [0.15, 0.2) is 72.9 Å². The summed E-state index contributed by atoms with van der Waals surface area (Å²) in [6.07, 6.45) is 60.8. The van der Waals surface area contributed by atoms with Crippen molar-refractivity contribution in [3.05, 3.63) is 72.9 Å². The van der Waals surface area contributed by atoms with Crippen molar-refractivity contribution < 1.29 is 32.8 Å². The fraction of sp³-hybridized carbons (Fsp3) is 0.745. The van der Waals surface area contributed by atoms with Gasteiger partial charge in [-0.3, -0.25) is 13.8 Å². The molecule has 0 radical (unpaired) electrons. The van der Waals surface area contributed by atoms with Crippen LogP contribution in [-0.4, -0.2) is 49.9 Å². The number of phosphoric acid groups is 1. The predicted octanol–water partition coefficient (Wildman–Crippen LogP) is 15.1. The first-order chi connectivity index (χ1) is 29.4. The number of rotatable bonds is 46. The molecule has 0 rings (SSSR count). The molecular formula is C51H92NO7P. The lowest BCUT2D eigenvalue weighted by Crippen LogP contribution is -2.28. The van der Waals surface area contributed by atoms with E-state index in [-0.39, 0.29) is 32.3 Å². The van der Waals surface area contributed by atoms with E-state index in [9.17, 15) is 14.3 Å². The molecule has 0 aliphatic carbocycles. The molecule has 0 amide bonds. The highest BCUT2D eigenvalue weighted by Crippen LogP contribution is 2.43. The molecule has 8 nitrogen and oxygen atoms in total. The molecule has 2 unspecified atom stereocenters. The van der Waals surface area contributed by atoms with Crippen LogP contribution in [0.4, 0.5) is 0 Å². The van der Waals surface area contributed by atoms with Crippen LogP contribution < -0.4 is 5.73 Å². The second kappa shape index (κ2) is 48.0. The quantitative estimate of drug-likeness (QED) is 0.0269. The van der Waals surface area contributed by atoms with Gasteiger partial charge in [-0.1, -0.05) is 189 Å². The van der Waals surface area contributed by atoms with Crippen LogP contribution in [0.25, 0.3) is 0 Å². The number of carbonyl (C=O) groups is 1. The van der Waals surface area contributed by atoms with E-state index in [1.54, 1.807) is 0 Å². The van der Waals surface area contributed by atoms with Gasteiger partial charge < -0.3 is 20.1 Å². The van der Waals surface area contributed by atoms with Crippen molar-refractivity contribution in [2.45, 2.75) is 213 Å². The number of carbonyl (C=O) groups excluding carboxylic acids is 1. The zero-order chi connectivity index (χ0) is 43.7. The lowest BCUT2D eigenvalue weighted by molar-refractivity contribution is -0.154. The SMILES string of the molecule is CC/C=C\C/C=C\C/C=C\C/C=C\CCCCCOCC(COP(=O)(O)OCCN)OC(=O)CCCCCCCCCCCCCCC/C=C\C/C=C\CCCCCCC. The molecule has 9 heteroatoms. The van der Waals surface area contributed by atoms with Gasteiger partial charge in [-0.25, -0.2) is 4.57 Å². The van der Waals surface area contributed by atoms with Crippen molar-refractivity contribution in [2.75, 3.05) is 33.0 Å². The fourth-order valence-corrected chi connectivity index (χ4v) is 7.31. The second-order valence-corrected chi connectivity index (χ2v) is 17.4. The Morgan fingerprint density at radius 3 is 1.40 bits per heavy atom. The predicted molar refractivity (Wildman–Crippen MR) is 256 cm³/mol.